The van der Waals surface area contributed by atoms with Crippen molar-refractivity contribution in [1.29, 1.82) is 0 Å². The molecule has 0 aromatic carbocycles. The first-order chi connectivity index (χ1) is 8.49. The second-order valence-electron chi connectivity index (χ2n) is 6.23. The lowest BCUT2D eigenvalue weighted by atomic mass is 9.96. The maximum atomic E-state index is 10.3. The quantitative estimate of drug-likeness (QED) is 0.408. The van der Waals surface area contributed by atoms with Crippen LogP contribution in [-0.4, -0.2) is 63.2 Å². The van der Waals surface area contributed by atoms with Gasteiger partial charge in [-0.05, 0) is 26.9 Å². The lowest BCUT2D eigenvalue weighted by Gasteiger charge is -2.20. The molecule has 0 heterocycles. The zero-order valence-corrected chi connectivity index (χ0v) is 12.5. The Bertz CT molecular complexity index is 248. The lowest BCUT2D eigenvalue weighted by Crippen LogP contribution is -3.07. The van der Waals surface area contributed by atoms with Crippen molar-refractivity contribution in [3.63, 3.8) is 0 Å². The first-order valence-corrected chi connectivity index (χ1v) is 7.25. The molecule has 1 rings (SSSR count). The average Bonchev–Trinajstić information content (AvgIpc) is 2.28. The predicted molar refractivity (Wildman–Crippen MR) is 75.2 cm³/mol. The molecule has 0 amide bonds. The summed E-state index contributed by atoms with van der Waals surface area (Å²) in [7, 11) is 8.39. The van der Waals surface area contributed by atoms with Crippen molar-refractivity contribution in [3.05, 3.63) is 0 Å². The first-order valence-electron chi connectivity index (χ1n) is 7.25. The van der Waals surface area contributed by atoms with Crippen LogP contribution in [0.25, 0.3) is 0 Å². The smallest absolute Gasteiger partial charge is 0.342 e. The molecular formula is C14H31N3O+2. The Labute approximate surface area is 112 Å². The zero-order valence-electron chi connectivity index (χ0n) is 12.5. The summed E-state index contributed by atoms with van der Waals surface area (Å²) < 4.78 is 0. The summed E-state index contributed by atoms with van der Waals surface area (Å²) >= 11 is 0. The highest BCUT2D eigenvalue weighted by atomic mass is 16.3. The van der Waals surface area contributed by atoms with Crippen molar-refractivity contribution in [2.24, 2.45) is 5.92 Å². The van der Waals surface area contributed by atoms with E-state index in [1.165, 1.54) is 37.0 Å². The predicted octanol–water partition coefficient (Wildman–Crippen LogP) is -1.32. The number of nitrogens with zero attached hydrogens (tertiary/aromatic N) is 1. The zero-order chi connectivity index (χ0) is 13.5. The molecule has 106 valence electrons. The molecule has 0 aliphatic heterocycles. The fourth-order valence-electron chi connectivity index (χ4n) is 2.76. The molecule has 4 heteroatoms. The van der Waals surface area contributed by atoms with Gasteiger partial charge in [-0.25, -0.2) is 4.99 Å². The van der Waals surface area contributed by atoms with Gasteiger partial charge in [0, 0.05) is 19.4 Å². The number of hydrogen-bond donors (Lipinski definition) is 3. The van der Waals surface area contributed by atoms with Crippen molar-refractivity contribution in [3.8, 4) is 0 Å². The van der Waals surface area contributed by atoms with Crippen molar-refractivity contribution in [1.82, 2.24) is 4.90 Å². The molecule has 0 spiro atoms. The van der Waals surface area contributed by atoms with E-state index in [1.54, 1.807) is 0 Å². The highest BCUT2D eigenvalue weighted by Gasteiger charge is 2.27. The van der Waals surface area contributed by atoms with Crippen LogP contribution in [0.2, 0.25) is 0 Å². The third-order valence-corrected chi connectivity index (χ3v) is 3.58. The van der Waals surface area contributed by atoms with Gasteiger partial charge < -0.3 is 14.9 Å². The van der Waals surface area contributed by atoms with Crippen LogP contribution >= 0.6 is 0 Å². The van der Waals surface area contributed by atoms with Crippen LogP contribution in [0.4, 0.5) is 0 Å². The van der Waals surface area contributed by atoms with Crippen LogP contribution < -0.4 is 9.89 Å². The van der Waals surface area contributed by atoms with Crippen molar-refractivity contribution < 1.29 is 15.0 Å². The maximum Gasteiger partial charge on any atom is 0.342 e. The van der Waals surface area contributed by atoms with E-state index in [4.69, 9.17) is 0 Å². The Morgan fingerprint density at radius 3 is 2.39 bits per heavy atom. The van der Waals surface area contributed by atoms with Gasteiger partial charge in [-0.3, -0.25) is 0 Å². The molecule has 0 aromatic heterocycles. The lowest BCUT2D eigenvalue weighted by molar-refractivity contribution is -0.861. The van der Waals surface area contributed by atoms with Gasteiger partial charge in [0.25, 0.3) is 0 Å². The normalized spacial score (nSPS) is 20.7. The summed E-state index contributed by atoms with van der Waals surface area (Å²) in [4.78, 5) is 6.88. The van der Waals surface area contributed by atoms with E-state index < -0.39 is 0 Å². The van der Waals surface area contributed by atoms with Crippen LogP contribution in [0, 0.1) is 5.92 Å². The number of nitrogens with one attached hydrogen (secondary N) is 2. The molecule has 4 nitrogen and oxygen atoms in total. The van der Waals surface area contributed by atoms with Crippen LogP contribution in [0.1, 0.15) is 32.1 Å². The van der Waals surface area contributed by atoms with E-state index >= 15 is 0 Å². The molecule has 1 saturated carbocycles. The summed E-state index contributed by atoms with van der Waals surface area (Å²) in [6.45, 7) is 1.86. The SMILES string of the molecule is CN(C)CC(C[NH+](C)C)C(O)=[NH+]C1CCCCC1. The van der Waals surface area contributed by atoms with E-state index in [-0.39, 0.29) is 5.92 Å². The molecular weight excluding hydrogens is 226 g/mol. The van der Waals surface area contributed by atoms with Crippen molar-refractivity contribution in [2.45, 2.75) is 38.1 Å². The van der Waals surface area contributed by atoms with Gasteiger partial charge in [-0.1, -0.05) is 6.42 Å². The van der Waals surface area contributed by atoms with Gasteiger partial charge in [0.05, 0.1) is 20.6 Å². The van der Waals surface area contributed by atoms with Crippen molar-refractivity contribution in [2.75, 3.05) is 41.3 Å². The molecule has 0 aromatic rings. The topological polar surface area (TPSA) is 41.9 Å². The van der Waals surface area contributed by atoms with Crippen LogP contribution in [0.3, 0.4) is 0 Å². The third kappa shape index (κ3) is 5.83. The number of rotatable bonds is 6. The summed E-state index contributed by atoms with van der Waals surface area (Å²) in [6.07, 6.45) is 6.34. The second kappa shape index (κ2) is 7.74. The maximum absolute atomic E-state index is 10.3. The standard InChI is InChI=1S/C14H29N3O/c1-16(2)10-12(11-17(3)4)14(18)15-13-8-6-5-7-9-13/h12-13H,5-11H2,1-4H3,(H,15,18)/p+2. The van der Waals surface area contributed by atoms with E-state index in [1.807, 2.05) is 0 Å². The highest BCUT2D eigenvalue weighted by molar-refractivity contribution is 5.70. The summed E-state index contributed by atoms with van der Waals surface area (Å²) in [5, 5.41) is 10.3. The number of quaternary nitrogens is 1. The van der Waals surface area contributed by atoms with E-state index in [9.17, 15) is 5.11 Å². The molecule has 0 radical (unpaired) electrons. The van der Waals surface area contributed by atoms with E-state index in [0.717, 1.165) is 13.1 Å². The van der Waals surface area contributed by atoms with E-state index in [0.29, 0.717) is 11.9 Å². The molecule has 1 unspecified atom stereocenters. The van der Waals surface area contributed by atoms with Crippen molar-refractivity contribution >= 4 is 5.90 Å². The summed E-state index contributed by atoms with van der Waals surface area (Å²) in [5.74, 6) is 0.712. The number of hydrogen-bond acceptors (Lipinski definition) is 1. The monoisotopic (exact) mass is 257 g/mol. The molecule has 3 N–H and O–H groups in total. The molecule has 1 aliphatic rings. The summed E-state index contributed by atoms with van der Waals surface area (Å²) in [6, 6.07) is 0.487. The fourth-order valence-corrected chi connectivity index (χ4v) is 2.76. The van der Waals surface area contributed by atoms with Crippen LogP contribution in [0.15, 0.2) is 0 Å². The van der Waals surface area contributed by atoms with Crippen LogP contribution in [-0.2, 0) is 0 Å². The molecule has 0 bridgehead atoms. The minimum Gasteiger partial charge on any atom is -0.463 e. The fraction of sp³-hybridized carbons (Fsp3) is 0.929. The second-order valence-corrected chi connectivity index (χ2v) is 6.23. The Kier molecular flexibility index (Phi) is 6.65. The molecule has 1 aliphatic carbocycles. The average molecular weight is 257 g/mol. The Morgan fingerprint density at radius 1 is 1.28 bits per heavy atom. The first kappa shape index (κ1) is 15.4. The minimum absolute atomic E-state index is 0.215. The Hall–Kier alpha value is -0.610. The molecule has 18 heavy (non-hydrogen) atoms. The van der Waals surface area contributed by atoms with Gasteiger partial charge in [-0.15, -0.1) is 0 Å². The Balaban J connectivity index is 2.60. The van der Waals surface area contributed by atoms with Gasteiger partial charge in [0.15, 0.2) is 6.04 Å². The molecule has 1 fully saturated rings. The van der Waals surface area contributed by atoms with E-state index in [2.05, 4.69) is 38.1 Å². The van der Waals surface area contributed by atoms with Gasteiger partial charge in [0.1, 0.15) is 5.92 Å². The number of aliphatic hydroxyl groups excluding tert-OH is 1. The molecule has 1 atom stereocenters. The largest absolute Gasteiger partial charge is 0.463 e. The van der Waals surface area contributed by atoms with Crippen LogP contribution in [0.5, 0.6) is 0 Å². The van der Waals surface area contributed by atoms with Gasteiger partial charge in [-0.2, -0.15) is 0 Å². The number of aliphatic hydroxyl groups is 1. The van der Waals surface area contributed by atoms with Gasteiger partial charge >= 0.3 is 5.90 Å². The van der Waals surface area contributed by atoms with Gasteiger partial charge in [0.2, 0.25) is 0 Å². The third-order valence-electron chi connectivity index (χ3n) is 3.58. The minimum atomic E-state index is 0.215. The highest BCUT2D eigenvalue weighted by Crippen LogP contribution is 2.14. The molecule has 0 saturated heterocycles. The summed E-state index contributed by atoms with van der Waals surface area (Å²) in [5.41, 5.74) is 0. The Morgan fingerprint density at radius 2 is 1.89 bits per heavy atom.